The van der Waals surface area contributed by atoms with Gasteiger partial charge in [-0.05, 0) is 19.1 Å². The first-order chi connectivity index (χ1) is 7.65. The first-order valence-electron chi connectivity index (χ1n) is 4.89. The molecule has 2 aromatic rings. The van der Waals surface area contributed by atoms with Gasteiger partial charge in [0.2, 0.25) is 0 Å². The first kappa shape index (κ1) is 10.4. The van der Waals surface area contributed by atoms with Crippen molar-refractivity contribution < 1.29 is 4.79 Å². The van der Waals surface area contributed by atoms with E-state index in [4.69, 9.17) is 0 Å². The number of carbonyl (C=O) groups excluding carboxylic acids is 1. The Morgan fingerprint density at radius 3 is 2.88 bits per heavy atom. The van der Waals surface area contributed by atoms with Crippen LogP contribution in [-0.2, 0) is 7.05 Å². The van der Waals surface area contributed by atoms with E-state index in [2.05, 4.69) is 15.4 Å². The normalized spacial score (nSPS) is 10.1. The van der Waals surface area contributed by atoms with Crippen molar-refractivity contribution >= 4 is 11.6 Å². The summed E-state index contributed by atoms with van der Waals surface area (Å²) in [5, 5.41) is 6.68. The second kappa shape index (κ2) is 4.14. The zero-order valence-corrected chi connectivity index (χ0v) is 9.14. The number of aryl methyl sites for hydroxylation is 2. The molecule has 2 rings (SSSR count). The van der Waals surface area contributed by atoms with Crippen molar-refractivity contribution in [3.63, 3.8) is 0 Å². The van der Waals surface area contributed by atoms with E-state index < -0.39 is 0 Å². The van der Waals surface area contributed by atoms with Crippen LogP contribution in [0.3, 0.4) is 0 Å². The maximum atomic E-state index is 11.8. The van der Waals surface area contributed by atoms with Gasteiger partial charge in [0.15, 0.2) is 0 Å². The summed E-state index contributed by atoms with van der Waals surface area (Å²) in [6.07, 6.45) is 3.32. The van der Waals surface area contributed by atoms with Gasteiger partial charge in [0.1, 0.15) is 5.69 Å². The van der Waals surface area contributed by atoms with Gasteiger partial charge in [-0.1, -0.05) is 6.07 Å². The third-order valence-corrected chi connectivity index (χ3v) is 2.08. The first-order valence-corrected chi connectivity index (χ1v) is 4.89. The maximum absolute atomic E-state index is 11.8. The van der Waals surface area contributed by atoms with Crippen LogP contribution in [0.25, 0.3) is 0 Å². The van der Waals surface area contributed by atoms with Gasteiger partial charge in [0.05, 0.1) is 11.9 Å². The quantitative estimate of drug-likeness (QED) is 0.824. The summed E-state index contributed by atoms with van der Waals surface area (Å²) >= 11 is 0. The van der Waals surface area contributed by atoms with E-state index in [1.165, 1.54) is 0 Å². The Balaban J connectivity index is 2.14. The van der Waals surface area contributed by atoms with Gasteiger partial charge in [0.25, 0.3) is 5.91 Å². The van der Waals surface area contributed by atoms with Crippen LogP contribution in [0.5, 0.6) is 0 Å². The number of nitrogens with zero attached hydrogens (tertiary/aromatic N) is 3. The van der Waals surface area contributed by atoms with Crippen molar-refractivity contribution in [3.8, 4) is 0 Å². The fourth-order valence-corrected chi connectivity index (χ4v) is 1.35. The molecule has 0 atom stereocenters. The zero-order valence-electron chi connectivity index (χ0n) is 9.14. The van der Waals surface area contributed by atoms with Gasteiger partial charge in [-0.15, -0.1) is 0 Å². The highest BCUT2D eigenvalue weighted by atomic mass is 16.1. The molecule has 2 aromatic heterocycles. The molecular weight excluding hydrogens is 204 g/mol. The molecule has 1 N–H and O–H groups in total. The molecule has 0 spiro atoms. The minimum Gasteiger partial charge on any atom is -0.318 e. The summed E-state index contributed by atoms with van der Waals surface area (Å²) in [5.74, 6) is -0.225. The van der Waals surface area contributed by atoms with Gasteiger partial charge in [-0.2, -0.15) is 5.10 Å². The largest absolute Gasteiger partial charge is 0.318 e. The van der Waals surface area contributed by atoms with Crippen LogP contribution in [0.1, 0.15) is 16.2 Å². The molecule has 0 saturated heterocycles. The molecule has 5 nitrogen and oxygen atoms in total. The number of rotatable bonds is 2. The third-order valence-electron chi connectivity index (χ3n) is 2.08. The van der Waals surface area contributed by atoms with Crippen molar-refractivity contribution in [1.29, 1.82) is 0 Å². The van der Waals surface area contributed by atoms with E-state index in [0.29, 0.717) is 11.4 Å². The van der Waals surface area contributed by atoms with Crippen LogP contribution >= 0.6 is 0 Å². The average molecular weight is 216 g/mol. The highest BCUT2D eigenvalue weighted by molar-refractivity contribution is 6.02. The van der Waals surface area contributed by atoms with Gasteiger partial charge in [-0.25, -0.2) is 4.98 Å². The standard InChI is InChI=1S/C11H12N4O/c1-8-4-3-5-10(13-8)11(16)14-9-6-12-15(2)7-9/h3-7H,1-2H3,(H,14,16). The summed E-state index contributed by atoms with van der Waals surface area (Å²) in [7, 11) is 1.79. The molecule has 0 aliphatic heterocycles. The second-order valence-corrected chi connectivity index (χ2v) is 3.52. The van der Waals surface area contributed by atoms with E-state index >= 15 is 0 Å². The van der Waals surface area contributed by atoms with Crippen LogP contribution in [0.15, 0.2) is 30.6 Å². The van der Waals surface area contributed by atoms with Gasteiger partial charge < -0.3 is 5.32 Å². The number of amides is 1. The van der Waals surface area contributed by atoms with Crippen LogP contribution in [0.4, 0.5) is 5.69 Å². The van der Waals surface area contributed by atoms with E-state index in [0.717, 1.165) is 5.69 Å². The topological polar surface area (TPSA) is 59.8 Å². The summed E-state index contributed by atoms with van der Waals surface area (Å²) in [5.41, 5.74) is 1.89. The highest BCUT2D eigenvalue weighted by Gasteiger charge is 2.08. The molecule has 2 heterocycles. The molecule has 0 saturated carbocycles. The molecule has 0 unspecified atom stereocenters. The lowest BCUT2D eigenvalue weighted by Gasteiger charge is -2.01. The molecule has 0 radical (unpaired) electrons. The molecular formula is C11H12N4O. The monoisotopic (exact) mass is 216 g/mol. The van der Waals surface area contributed by atoms with Crippen molar-refractivity contribution in [2.45, 2.75) is 6.92 Å². The van der Waals surface area contributed by atoms with Crippen LogP contribution in [0.2, 0.25) is 0 Å². The number of aromatic nitrogens is 3. The summed E-state index contributed by atoms with van der Waals surface area (Å²) in [6.45, 7) is 1.85. The molecule has 0 aliphatic carbocycles. The maximum Gasteiger partial charge on any atom is 0.274 e. The summed E-state index contributed by atoms with van der Waals surface area (Å²) in [6, 6.07) is 5.33. The lowest BCUT2D eigenvalue weighted by Crippen LogP contribution is -2.13. The van der Waals surface area contributed by atoms with Gasteiger partial charge in [-0.3, -0.25) is 9.48 Å². The molecule has 5 heteroatoms. The molecule has 16 heavy (non-hydrogen) atoms. The number of nitrogens with one attached hydrogen (secondary N) is 1. The Labute approximate surface area is 93.1 Å². The number of carbonyl (C=O) groups is 1. The lowest BCUT2D eigenvalue weighted by atomic mass is 10.3. The van der Waals surface area contributed by atoms with Crippen LogP contribution in [-0.4, -0.2) is 20.7 Å². The SMILES string of the molecule is Cc1cccc(C(=O)Nc2cnn(C)c2)n1. The fraction of sp³-hybridized carbons (Fsp3) is 0.182. The van der Waals surface area contributed by atoms with Crippen LogP contribution < -0.4 is 5.32 Å². The fourth-order valence-electron chi connectivity index (χ4n) is 1.35. The highest BCUT2D eigenvalue weighted by Crippen LogP contribution is 2.06. The molecule has 82 valence electrons. The third kappa shape index (κ3) is 2.25. The van der Waals surface area contributed by atoms with Crippen LogP contribution in [0, 0.1) is 6.92 Å². The Morgan fingerprint density at radius 2 is 2.25 bits per heavy atom. The predicted molar refractivity (Wildman–Crippen MR) is 60.1 cm³/mol. The van der Waals surface area contributed by atoms with Crippen molar-refractivity contribution in [1.82, 2.24) is 14.8 Å². The average Bonchev–Trinajstić information content (AvgIpc) is 2.64. The Morgan fingerprint density at radius 1 is 1.44 bits per heavy atom. The van der Waals surface area contributed by atoms with Crippen molar-refractivity contribution in [2.24, 2.45) is 7.05 Å². The molecule has 1 amide bonds. The zero-order chi connectivity index (χ0) is 11.5. The summed E-state index contributed by atoms with van der Waals surface area (Å²) < 4.78 is 1.62. The number of hydrogen-bond donors (Lipinski definition) is 1. The molecule has 0 aromatic carbocycles. The Hall–Kier alpha value is -2.17. The van der Waals surface area contributed by atoms with Crippen molar-refractivity contribution in [3.05, 3.63) is 42.0 Å². The minimum absolute atomic E-state index is 0.225. The number of pyridine rings is 1. The number of anilines is 1. The molecule has 0 fully saturated rings. The number of hydrogen-bond acceptors (Lipinski definition) is 3. The van der Waals surface area contributed by atoms with Gasteiger partial charge >= 0.3 is 0 Å². The lowest BCUT2D eigenvalue weighted by molar-refractivity contribution is 0.102. The Kier molecular flexibility index (Phi) is 2.68. The van der Waals surface area contributed by atoms with Crippen molar-refractivity contribution in [2.75, 3.05) is 5.32 Å². The Bertz CT molecular complexity index is 518. The minimum atomic E-state index is -0.225. The summed E-state index contributed by atoms with van der Waals surface area (Å²) in [4.78, 5) is 15.9. The predicted octanol–water partition coefficient (Wildman–Crippen LogP) is 1.38. The second-order valence-electron chi connectivity index (χ2n) is 3.52. The van der Waals surface area contributed by atoms with E-state index in [1.807, 2.05) is 13.0 Å². The molecule has 0 aliphatic rings. The molecule has 0 bridgehead atoms. The van der Waals surface area contributed by atoms with Gasteiger partial charge in [0, 0.05) is 18.9 Å². The van der Waals surface area contributed by atoms with E-state index in [1.54, 1.807) is 36.3 Å². The van der Waals surface area contributed by atoms with E-state index in [-0.39, 0.29) is 5.91 Å². The smallest absolute Gasteiger partial charge is 0.274 e. The van der Waals surface area contributed by atoms with E-state index in [9.17, 15) is 4.79 Å².